The summed E-state index contributed by atoms with van der Waals surface area (Å²) in [5.41, 5.74) is 15.9. The van der Waals surface area contributed by atoms with Crippen LogP contribution in [0.5, 0.6) is 17.5 Å². The molecule has 7 aromatic rings. The van der Waals surface area contributed by atoms with E-state index in [4.69, 9.17) is 57.2 Å². The van der Waals surface area contributed by atoms with E-state index < -0.39 is 5.82 Å². The number of halogens is 2. The van der Waals surface area contributed by atoms with E-state index in [2.05, 4.69) is 73.7 Å². The summed E-state index contributed by atoms with van der Waals surface area (Å²) in [5, 5.41) is 23.6. The van der Waals surface area contributed by atoms with E-state index in [0.717, 1.165) is 82.3 Å². The fourth-order valence-corrected chi connectivity index (χ4v) is 13.0. The van der Waals surface area contributed by atoms with Gasteiger partial charge >= 0.3 is 6.01 Å². The average Bonchev–Trinajstić information content (AvgIpc) is 3.68. The number of thiazole rings is 1. The number of benzene rings is 4. The lowest BCUT2D eigenvalue weighted by Gasteiger charge is -2.52. The maximum atomic E-state index is 15.8. The molecule has 6 aliphatic rings. The molecule has 1 spiro atoms. The molecule has 19 nitrogen and oxygen atoms in total. The van der Waals surface area contributed by atoms with Crippen molar-refractivity contribution < 1.29 is 38.0 Å². The first-order chi connectivity index (χ1) is 39.8. The van der Waals surface area contributed by atoms with Gasteiger partial charge in [-0.2, -0.15) is 15.1 Å². The average molecular weight is 1160 g/mol. The normalized spacial score (nSPS) is 20.2. The van der Waals surface area contributed by atoms with Gasteiger partial charge in [0.15, 0.2) is 11.5 Å². The molecule has 1 saturated carbocycles. The first-order valence-corrected chi connectivity index (χ1v) is 29.2. The Morgan fingerprint density at radius 3 is 2.50 bits per heavy atom. The number of nitrogens with two attached hydrogens (primary N) is 2. The molecule has 22 heteroatoms. The zero-order valence-corrected chi connectivity index (χ0v) is 48.7. The molecule has 0 radical (unpaired) electrons. The first-order valence-electron chi connectivity index (χ1n) is 27.9. The Morgan fingerprint density at radius 1 is 1.09 bits per heavy atom. The monoisotopic (exact) mass is 1160 g/mol. The number of aryl methyl sites for hydroxylation is 1. The zero-order valence-electron chi connectivity index (χ0n) is 47.1. The number of aromatic amines is 1. The van der Waals surface area contributed by atoms with Crippen LogP contribution >= 0.6 is 22.9 Å². The van der Waals surface area contributed by atoms with Crippen molar-refractivity contribution in [3.8, 4) is 39.1 Å². The number of carbonyl (C=O) groups excluding carboxylic acids is 2. The molecular formula is C60H72ClFN12O7S. The molecule has 13 rings (SSSR count). The molecule has 5 fully saturated rings. The molecule has 4 saturated heterocycles. The number of likely N-dealkylation sites (N-methyl/N-ethyl adjacent to an activating group) is 1. The molecule has 434 valence electrons. The number of H-pyrrole nitrogens is 1. The molecule has 5 aliphatic heterocycles. The Kier molecular flexibility index (Phi) is 17.9. The van der Waals surface area contributed by atoms with Crippen LogP contribution < -0.4 is 41.3 Å². The molecule has 8 N–H and O–H groups in total. The fourth-order valence-electron chi connectivity index (χ4n) is 11.9. The number of hydrogen-bond donors (Lipinski definition) is 6. The maximum Gasteiger partial charge on any atom is 0.319 e. The van der Waals surface area contributed by atoms with Crippen LogP contribution in [-0.4, -0.2) is 136 Å². The van der Waals surface area contributed by atoms with Crippen molar-refractivity contribution in [1.82, 2.24) is 45.7 Å². The lowest BCUT2D eigenvalue weighted by atomic mass is 9.65. The van der Waals surface area contributed by atoms with Crippen LogP contribution in [0.15, 0.2) is 72.5 Å². The van der Waals surface area contributed by atoms with Gasteiger partial charge in [0.2, 0.25) is 5.91 Å². The Balaban J connectivity index is 0.000000232. The predicted octanol–water partition coefficient (Wildman–Crippen LogP) is 8.21. The first kappa shape index (κ1) is 58.2. The number of amides is 1. The van der Waals surface area contributed by atoms with Crippen LogP contribution in [0, 0.1) is 25.1 Å². The van der Waals surface area contributed by atoms with Crippen molar-refractivity contribution in [1.29, 1.82) is 0 Å². The number of nitrogens with zero attached hydrogens (tertiary/aromatic N) is 7. The van der Waals surface area contributed by atoms with Crippen LogP contribution in [0.2, 0.25) is 5.02 Å². The molecule has 3 aromatic heterocycles. The van der Waals surface area contributed by atoms with E-state index in [0.29, 0.717) is 86.5 Å². The number of hydrogen-bond acceptors (Lipinski definition) is 18. The van der Waals surface area contributed by atoms with Gasteiger partial charge in [0.25, 0.3) is 0 Å². The van der Waals surface area contributed by atoms with Gasteiger partial charge in [-0.1, -0.05) is 80.4 Å². The number of likely N-dealkylation sites (tertiary alicyclic amines) is 1. The van der Waals surface area contributed by atoms with Crippen LogP contribution in [0.3, 0.4) is 0 Å². The van der Waals surface area contributed by atoms with E-state index in [1.807, 2.05) is 43.7 Å². The Labute approximate surface area is 485 Å². The number of aliphatic hydroxyl groups excluding tert-OH is 1. The number of rotatable bonds is 14. The Morgan fingerprint density at radius 2 is 1.83 bits per heavy atom. The molecule has 4 atom stereocenters. The number of carbonyl (C=O) groups is 2. The number of aldehydes is 1. The summed E-state index contributed by atoms with van der Waals surface area (Å²) in [7, 11) is 3.02. The number of piperazine rings is 1. The van der Waals surface area contributed by atoms with Crippen LogP contribution in [0.25, 0.3) is 49.1 Å². The quantitative estimate of drug-likeness (QED) is 0.0341. The predicted molar refractivity (Wildman–Crippen MR) is 317 cm³/mol. The largest absolute Gasteiger partial charge is 0.489 e. The molecule has 8 heterocycles. The second-order valence-corrected chi connectivity index (χ2v) is 23.1. The van der Waals surface area contributed by atoms with E-state index in [-0.39, 0.29) is 65.8 Å². The van der Waals surface area contributed by atoms with E-state index in [1.165, 1.54) is 34.1 Å². The lowest BCUT2D eigenvalue weighted by Crippen LogP contribution is -2.56. The highest BCUT2D eigenvalue weighted by Crippen LogP contribution is 2.56. The van der Waals surface area contributed by atoms with Crippen LogP contribution in [0.1, 0.15) is 80.3 Å². The summed E-state index contributed by atoms with van der Waals surface area (Å²) in [6.07, 6.45) is 9.81. The number of aromatic nitrogens is 5. The highest BCUT2D eigenvalue weighted by atomic mass is 35.5. The summed E-state index contributed by atoms with van der Waals surface area (Å²) in [6, 6.07) is 17.9. The van der Waals surface area contributed by atoms with Crippen molar-refractivity contribution in [3.63, 3.8) is 0 Å². The standard InChI is InChI=1S/C39H39ClFN9O5.C17H21N3OS.C3H8.CH4O/c1-19-25(41)9-27-24(13-45-48-27)30(19)31-33(40)35-32-34(36(31)53-15-20-2-4-21(5-3-20)26(42)14-49(43)6-7-51)46-38(55-23-10-39(11-23)17-52-18-39)47-37(32)50-22-8-28(44-12-22)29(50)16-54-35;1-12-16(22-11-19-12)14-7-5-13(6-8-14)10-18-17(21)15-4-3-9-20(15)2;1-3-2;1-2/h2-5,7,9,13-14,22-23,28-29,44H,6,8,10-12,15-18,42-43H2,1H3,(H,45,48);5-8,11,15H,3-4,9-10H2,1-2H3,(H,18,21);3H2,1-2H3;2H,1H3/b26-14-;;;. The SMILES string of the molecule is CCC.CO.Cc1c(F)cc2[nH]ncc2c1-c1c(Cl)c2c3c(nc(OC4CC5(COC5)C4)nc3c1OCc1ccc(/C(N)=C/N(N)CC=O)cc1)N1C3CNC(C3)C1CO2.Cc1ncsc1-c1ccc(CNC(=O)C2CCCN2C)cc1. The van der Waals surface area contributed by atoms with Gasteiger partial charge in [-0.05, 0) is 93.4 Å². The second kappa shape index (κ2) is 25.3. The van der Waals surface area contributed by atoms with Crippen LogP contribution in [0.4, 0.5) is 10.2 Å². The molecule has 4 unspecified atom stereocenters. The summed E-state index contributed by atoms with van der Waals surface area (Å²) < 4.78 is 41.4. The van der Waals surface area contributed by atoms with Crippen molar-refractivity contribution in [2.75, 3.05) is 58.5 Å². The second-order valence-electron chi connectivity index (χ2n) is 21.9. The van der Waals surface area contributed by atoms with Gasteiger partial charge < -0.3 is 55.1 Å². The van der Waals surface area contributed by atoms with E-state index in [1.54, 1.807) is 24.5 Å². The molecule has 82 heavy (non-hydrogen) atoms. The maximum absolute atomic E-state index is 15.8. The molecule has 1 amide bonds. The van der Waals surface area contributed by atoms with Gasteiger partial charge in [0, 0.05) is 60.4 Å². The van der Waals surface area contributed by atoms with Gasteiger partial charge in [0.1, 0.15) is 42.8 Å². The van der Waals surface area contributed by atoms with Crippen molar-refractivity contribution in [2.24, 2.45) is 17.0 Å². The fraction of sp³-hybridized carbons (Fsp3) is 0.433. The van der Waals surface area contributed by atoms with Gasteiger partial charge in [-0.15, -0.1) is 11.3 Å². The number of nitrogens with one attached hydrogen (secondary N) is 3. The summed E-state index contributed by atoms with van der Waals surface area (Å²) in [6.45, 7) is 12.4. The van der Waals surface area contributed by atoms with Crippen molar-refractivity contribution in [2.45, 2.75) is 110 Å². The molecule has 4 aromatic carbocycles. The van der Waals surface area contributed by atoms with Gasteiger partial charge in [0.05, 0.1) is 75.7 Å². The van der Waals surface area contributed by atoms with E-state index >= 15 is 4.39 Å². The summed E-state index contributed by atoms with van der Waals surface area (Å²) >= 11 is 9.16. The number of anilines is 1. The highest BCUT2D eigenvalue weighted by Gasteiger charge is 2.52. The van der Waals surface area contributed by atoms with Gasteiger partial charge in [-0.3, -0.25) is 14.8 Å². The number of ether oxygens (including phenoxy) is 4. The summed E-state index contributed by atoms with van der Waals surface area (Å²) in [4.78, 5) is 43.2. The lowest BCUT2D eigenvalue weighted by molar-refractivity contribution is -0.192. The topological polar surface area (TPSA) is 244 Å². The highest BCUT2D eigenvalue weighted by molar-refractivity contribution is 7.13. The third-order valence-corrected chi connectivity index (χ3v) is 17.4. The Hall–Kier alpha value is -6.98. The molecule has 1 aliphatic carbocycles. The summed E-state index contributed by atoms with van der Waals surface area (Å²) in [5.74, 6) is 6.99. The van der Waals surface area contributed by atoms with Crippen molar-refractivity contribution >= 4 is 68.5 Å². The van der Waals surface area contributed by atoms with Crippen molar-refractivity contribution in [3.05, 3.63) is 111 Å². The smallest absolute Gasteiger partial charge is 0.319 e. The number of hydrazine groups is 1. The Bertz CT molecular complexity index is 3440. The van der Waals surface area contributed by atoms with Gasteiger partial charge in [-0.25, -0.2) is 15.2 Å². The minimum absolute atomic E-state index is 0.00126. The minimum atomic E-state index is -0.430. The third kappa shape index (κ3) is 11.7. The zero-order chi connectivity index (χ0) is 57.8. The minimum Gasteiger partial charge on any atom is -0.489 e. The third-order valence-electron chi connectivity index (χ3n) is 16.1. The van der Waals surface area contributed by atoms with Crippen LogP contribution in [-0.2, 0) is 27.5 Å². The molecular weight excluding hydrogens is 1090 g/mol. The molecule has 2 bridgehead atoms. The van der Waals surface area contributed by atoms with E-state index in [9.17, 15) is 9.59 Å². The number of aliphatic hydroxyl groups is 1. The number of fused-ring (bicyclic) bond motifs is 7.